The van der Waals surface area contributed by atoms with Gasteiger partial charge in [0.05, 0.1) is 0 Å². The molecule has 0 radical (unpaired) electrons. The zero-order valence-corrected chi connectivity index (χ0v) is 5.71. The second-order valence-corrected chi connectivity index (χ2v) is 6.43. The summed E-state index contributed by atoms with van der Waals surface area (Å²) < 4.78 is 0. The van der Waals surface area contributed by atoms with Gasteiger partial charge in [-0.25, -0.2) is 4.79 Å². The molecule has 0 aromatic carbocycles. The van der Waals surface area contributed by atoms with Gasteiger partial charge in [0, 0.05) is 0 Å². The van der Waals surface area contributed by atoms with Gasteiger partial charge in [0.2, 0.25) is 5.47 Å². The predicted octanol–water partition coefficient (Wildman–Crippen LogP) is 0.896. The Bertz CT molecular complexity index is 125. The quantitative estimate of drug-likeness (QED) is 0.392. The second kappa shape index (κ2) is 2.13. The third-order valence-corrected chi connectivity index (χ3v) is 1.73. The van der Waals surface area contributed by atoms with Crippen molar-refractivity contribution in [2.45, 2.75) is 0 Å². The Hall–Kier alpha value is 0.430. The summed E-state index contributed by atoms with van der Waals surface area (Å²) in [7, 11) is 0. The molecule has 3 nitrogen and oxygen atoms in total. The summed E-state index contributed by atoms with van der Waals surface area (Å²) in [5.74, 6) is 0. The highest BCUT2D eigenvalue weighted by atomic mass is 32.9. The van der Waals surface area contributed by atoms with E-state index in [1.54, 1.807) is 0 Å². The van der Waals surface area contributed by atoms with Crippen LogP contribution in [-0.2, 0) is 11.8 Å². The van der Waals surface area contributed by atoms with E-state index in [0.717, 1.165) is 0 Å². The van der Waals surface area contributed by atoms with E-state index < -0.39 is 11.2 Å². The molecule has 1 unspecified atom stereocenters. The Balaban J connectivity index is 4.09. The van der Waals surface area contributed by atoms with Gasteiger partial charge in [-0.2, -0.15) is 0 Å². The van der Waals surface area contributed by atoms with Crippen molar-refractivity contribution in [3.8, 4) is 0 Å². The van der Waals surface area contributed by atoms with Gasteiger partial charge in [0.15, 0.2) is 0 Å². The minimum absolute atomic E-state index is 1.41. The van der Waals surface area contributed by atoms with Crippen LogP contribution in [0.25, 0.3) is 0 Å². The van der Waals surface area contributed by atoms with Crippen LogP contribution in [0.3, 0.4) is 0 Å². The van der Waals surface area contributed by atoms with Crippen molar-refractivity contribution in [1.29, 1.82) is 0 Å². The van der Waals surface area contributed by atoms with Crippen LogP contribution in [0.4, 0.5) is 4.79 Å². The van der Waals surface area contributed by atoms with E-state index in [2.05, 4.69) is 24.1 Å². The molecular formula is CH3O3PS2. The standard InChI is InChI=1S/CH3O3PS2/c2-1(3)5(4,6)7/h(H,2,3)(H2,4,6,7). The first-order valence-electron chi connectivity index (χ1n) is 1.23. The third-order valence-electron chi connectivity index (χ3n) is 0.249. The van der Waals surface area contributed by atoms with Gasteiger partial charge in [-0.05, 0) is 11.8 Å². The minimum atomic E-state index is -3.29. The number of rotatable bonds is 1. The first-order chi connectivity index (χ1) is 2.94. The van der Waals surface area contributed by atoms with Crippen LogP contribution in [-0.4, -0.2) is 15.7 Å². The molecular weight excluding hydrogens is 155 g/mol. The highest BCUT2D eigenvalue weighted by Gasteiger charge is 2.15. The molecule has 0 bridgehead atoms. The van der Waals surface area contributed by atoms with E-state index in [4.69, 9.17) is 10.00 Å². The Labute approximate surface area is 50.6 Å². The van der Waals surface area contributed by atoms with Crippen molar-refractivity contribution in [2.75, 3.05) is 0 Å². The number of carboxylic acid groups (broad SMARTS) is 1. The van der Waals surface area contributed by atoms with Gasteiger partial charge >= 0.3 is 5.71 Å². The fourth-order valence-electron chi connectivity index (χ4n) is 0. The Morgan fingerprint density at radius 1 is 1.86 bits per heavy atom. The molecule has 0 saturated carbocycles. The fraction of sp³-hybridized carbons (Fsp3) is 0. The summed E-state index contributed by atoms with van der Waals surface area (Å²) in [5, 5.41) is 7.87. The van der Waals surface area contributed by atoms with Crippen molar-refractivity contribution in [3.63, 3.8) is 0 Å². The normalized spacial score (nSPS) is 18.0. The molecule has 0 saturated heterocycles. The zero-order valence-electron chi connectivity index (χ0n) is 3.11. The fourth-order valence-corrected chi connectivity index (χ4v) is 0. The maximum atomic E-state index is 9.64. The van der Waals surface area contributed by atoms with Crippen molar-refractivity contribution >= 4 is 35.2 Å². The summed E-state index contributed by atoms with van der Waals surface area (Å²) in [5.41, 5.74) is -4.70. The lowest BCUT2D eigenvalue weighted by Crippen LogP contribution is -1.85. The predicted molar refractivity (Wildman–Crippen MR) is 33.5 cm³/mol. The average Bonchev–Trinajstić information content (AvgIpc) is 1.31. The van der Waals surface area contributed by atoms with E-state index in [-0.39, 0.29) is 0 Å². The lowest BCUT2D eigenvalue weighted by molar-refractivity contribution is 0.219. The molecule has 0 amide bonds. The molecule has 0 aliphatic heterocycles. The zero-order chi connectivity index (χ0) is 6.08. The molecule has 0 fully saturated rings. The number of thiol groups is 1. The summed E-state index contributed by atoms with van der Waals surface area (Å²) in [6.45, 7) is 0. The van der Waals surface area contributed by atoms with Crippen molar-refractivity contribution in [1.82, 2.24) is 0 Å². The van der Waals surface area contributed by atoms with Gasteiger partial charge in [-0.15, -0.1) is 12.2 Å². The van der Waals surface area contributed by atoms with E-state index in [1.165, 1.54) is 0 Å². The largest absolute Gasteiger partial charge is 0.475 e. The van der Waals surface area contributed by atoms with Crippen LogP contribution < -0.4 is 0 Å². The minimum Gasteiger partial charge on any atom is -0.475 e. The summed E-state index contributed by atoms with van der Waals surface area (Å²) in [4.78, 5) is 17.9. The maximum Gasteiger partial charge on any atom is 0.369 e. The first kappa shape index (κ1) is 7.43. The SMILES string of the molecule is O=C(O)P(O)(=S)S. The van der Waals surface area contributed by atoms with Crippen LogP contribution in [0.1, 0.15) is 0 Å². The monoisotopic (exact) mass is 158 g/mol. The molecule has 0 aliphatic rings. The molecule has 0 heterocycles. The molecule has 0 aromatic rings. The molecule has 0 aromatic heterocycles. The Morgan fingerprint density at radius 2 is 2.00 bits per heavy atom. The number of hydrogen-bond donors (Lipinski definition) is 3. The smallest absolute Gasteiger partial charge is 0.369 e. The van der Waals surface area contributed by atoms with Crippen molar-refractivity contribution in [2.24, 2.45) is 0 Å². The first-order valence-corrected chi connectivity index (χ1v) is 5.14. The Kier molecular flexibility index (Phi) is 2.26. The van der Waals surface area contributed by atoms with Crippen molar-refractivity contribution < 1.29 is 14.8 Å². The number of hydrogen-bond acceptors (Lipinski definition) is 2. The van der Waals surface area contributed by atoms with Crippen molar-refractivity contribution in [3.05, 3.63) is 0 Å². The van der Waals surface area contributed by atoms with Crippen LogP contribution in [0.5, 0.6) is 0 Å². The molecule has 42 valence electrons. The van der Waals surface area contributed by atoms with E-state index in [9.17, 15) is 4.79 Å². The molecule has 0 aliphatic carbocycles. The second-order valence-electron chi connectivity index (χ2n) is 0.827. The molecule has 0 rings (SSSR count). The lowest BCUT2D eigenvalue weighted by atomic mass is 11.6. The van der Waals surface area contributed by atoms with Crippen LogP contribution in [0.2, 0.25) is 0 Å². The molecule has 2 N–H and O–H groups in total. The lowest BCUT2D eigenvalue weighted by Gasteiger charge is -1.95. The maximum absolute atomic E-state index is 9.64. The highest BCUT2D eigenvalue weighted by molar-refractivity contribution is 8.66. The van der Waals surface area contributed by atoms with E-state index >= 15 is 0 Å². The molecule has 6 heteroatoms. The average molecular weight is 158 g/mol. The summed E-state index contributed by atoms with van der Waals surface area (Å²) in [6, 6.07) is 0. The van der Waals surface area contributed by atoms with E-state index in [1.807, 2.05) is 0 Å². The van der Waals surface area contributed by atoms with Gasteiger partial charge in [0.25, 0.3) is 0 Å². The van der Waals surface area contributed by atoms with Gasteiger partial charge in [-0.3, -0.25) is 0 Å². The molecule has 7 heavy (non-hydrogen) atoms. The number of carbonyl (C=O) groups is 1. The summed E-state index contributed by atoms with van der Waals surface area (Å²) in [6.07, 6.45) is 0. The highest BCUT2D eigenvalue weighted by Crippen LogP contribution is 2.46. The molecule has 0 spiro atoms. The van der Waals surface area contributed by atoms with Gasteiger partial charge in [0.1, 0.15) is 0 Å². The van der Waals surface area contributed by atoms with E-state index in [0.29, 0.717) is 0 Å². The topological polar surface area (TPSA) is 57.5 Å². The van der Waals surface area contributed by atoms with Gasteiger partial charge < -0.3 is 10.00 Å². The van der Waals surface area contributed by atoms with Crippen LogP contribution in [0.15, 0.2) is 0 Å². The van der Waals surface area contributed by atoms with Crippen LogP contribution >= 0.6 is 17.7 Å². The Morgan fingerprint density at radius 3 is 2.00 bits per heavy atom. The summed E-state index contributed by atoms with van der Waals surface area (Å²) >= 11 is 7.27. The third kappa shape index (κ3) is 3.05. The van der Waals surface area contributed by atoms with Gasteiger partial charge in [-0.1, -0.05) is 0 Å². The van der Waals surface area contributed by atoms with Crippen LogP contribution in [0, 0.1) is 0 Å². The molecule has 1 atom stereocenters.